The lowest BCUT2D eigenvalue weighted by atomic mass is 11.0. The van der Waals surface area contributed by atoms with Crippen molar-refractivity contribution in [1.82, 2.24) is 0 Å². The smallest absolute Gasteiger partial charge is 0.0717 e. The molecule has 0 N–H and O–H groups in total. The number of thioether (sulfide) groups is 8. The molecule has 0 amide bonds. The summed E-state index contributed by atoms with van der Waals surface area (Å²) in [5.74, 6) is 0. The minimum atomic E-state index is -0.407. The van der Waals surface area contributed by atoms with Gasteiger partial charge in [0.15, 0.2) is 0 Å². The van der Waals surface area contributed by atoms with Gasteiger partial charge in [0.2, 0.25) is 0 Å². The van der Waals surface area contributed by atoms with Crippen molar-refractivity contribution in [2.75, 3.05) is 22.9 Å². The van der Waals surface area contributed by atoms with Gasteiger partial charge in [0.05, 0.1) is 25.4 Å². The third-order valence-corrected chi connectivity index (χ3v) is 13.0. The Labute approximate surface area is 147 Å². The summed E-state index contributed by atoms with van der Waals surface area (Å²) >= 11 is 12.9. The van der Waals surface area contributed by atoms with Crippen LogP contribution in [0.1, 0.15) is 5.48 Å². The van der Waals surface area contributed by atoms with E-state index < -0.39 is 22.9 Å². The zero-order chi connectivity index (χ0) is 15.4. The van der Waals surface area contributed by atoms with Crippen LogP contribution in [0.3, 0.4) is 0 Å². The largest absolute Gasteiger partial charge is 0.116 e. The van der Waals surface area contributed by atoms with Crippen molar-refractivity contribution in [1.29, 1.82) is 0 Å². The highest BCUT2D eigenvalue weighted by Gasteiger charge is 2.32. The van der Waals surface area contributed by atoms with Crippen LogP contribution in [0.2, 0.25) is 0 Å². The molecule has 4 rings (SSSR count). The second kappa shape index (κ2) is 6.02. The maximum absolute atomic E-state index is 7.90. The molecule has 0 radical (unpaired) electrons. The molecule has 8 heteroatoms. The molecular weight excluding hydrogens is 377 g/mol. The lowest BCUT2D eigenvalue weighted by Crippen LogP contribution is -1.88. The zero-order valence-electron chi connectivity index (χ0n) is 12.6. The van der Waals surface area contributed by atoms with Crippen LogP contribution in [0, 0.1) is 0 Å². The average Bonchev–Trinajstić information content (AvgIpc) is 3.03. The highest BCUT2D eigenvalue weighted by atomic mass is 32.3. The molecule has 0 aromatic rings. The Hall–Kier alpha value is 2.02. The molecule has 0 spiro atoms. The standard InChI is InChI=1S/C10H8S8/c1-2-12-6-5(11-1)15-9(16-6)10-17-7-8(18-10)14-4-3-13-7/h1-4H2/i1D,2D,3D,4D. The van der Waals surface area contributed by atoms with Gasteiger partial charge in [0.25, 0.3) is 0 Å². The van der Waals surface area contributed by atoms with Gasteiger partial charge in [-0.2, -0.15) is 0 Å². The molecule has 0 bridgehead atoms. The summed E-state index contributed by atoms with van der Waals surface area (Å²) in [7, 11) is 0. The molecule has 0 fully saturated rings. The van der Waals surface area contributed by atoms with Gasteiger partial charge in [-0.3, -0.25) is 0 Å². The van der Waals surface area contributed by atoms with Crippen LogP contribution in [0.15, 0.2) is 25.4 Å². The molecule has 0 aromatic carbocycles. The van der Waals surface area contributed by atoms with Crippen molar-refractivity contribution in [2.45, 2.75) is 0 Å². The first-order valence-electron chi connectivity index (χ1n) is 7.12. The molecule has 4 atom stereocenters. The van der Waals surface area contributed by atoms with Crippen LogP contribution in [0.25, 0.3) is 0 Å². The predicted octanol–water partition coefficient (Wildman–Crippen LogP) is 6.29. The lowest BCUT2D eigenvalue weighted by molar-refractivity contribution is 1.56. The van der Waals surface area contributed by atoms with Crippen molar-refractivity contribution >= 4 is 94.1 Å². The summed E-state index contributed by atoms with van der Waals surface area (Å²) in [6, 6.07) is 0. The van der Waals surface area contributed by atoms with Gasteiger partial charge in [0, 0.05) is 28.4 Å². The van der Waals surface area contributed by atoms with E-state index in [0.29, 0.717) is 0 Å². The predicted molar refractivity (Wildman–Crippen MR) is 101 cm³/mol. The van der Waals surface area contributed by atoms with Gasteiger partial charge < -0.3 is 0 Å². The molecule has 18 heavy (non-hydrogen) atoms. The third kappa shape index (κ3) is 2.69. The Balaban J connectivity index is 1.50. The monoisotopic (exact) mass is 388 g/mol. The molecule has 4 aliphatic rings. The first-order valence-corrected chi connectivity index (χ1v) is 11.6. The highest BCUT2D eigenvalue weighted by molar-refractivity contribution is 8.45. The van der Waals surface area contributed by atoms with Crippen LogP contribution in [-0.2, 0) is 0 Å². The minimum absolute atomic E-state index is 0.407. The fourth-order valence-electron chi connectivity index (χ4n) is 1.36. The van der Waals surface area contributed by atoms with E-state index in [4.69, 9.17) is 5.48 Å². The van der Waals surface area contributed by atoms with E-state index in [1.54, 1.807) is 47.0 Å². The van der Waals surface area contributed by atoms with Crippen molar-refractivity contribution in [3.05, 3.63) is 25.4 Å². The fraction of sp³-hybridized carbons (Fsp3) is 0.400. The van der Waals surface area contributed by atoms with E-state index in [1.165, 1.54) is 72.5 Å². The summed E-state index contributed by atoms with van der Waals surface area (Å²) in [6.07, 6.45) is 0. The Bertz CT molecular complexity index is 516. The van der Waals surface area contributed by atoms with E-state index in [9.17, 15) is 0 Å². The summed E-state index contributed by atoms with van der Waals surface area (Å²) in [6.45, 7) is 0. The van der Waals surface area contributed by atoms with Crippen molar-refractivity contribution < 1.29 is 5.48 Å². The van der Waals surface area contributed by atoms with Gasteiger partial charge in [-0.15, -0.1) is 47.0 Å². The van der Waals surface area contributed by atoms with Gasteiger partial charge in [-0.05, 0) is 0 Å². The SMILES string of the molecule is [2H]C1SC2=C(SC(=C3SC4=C(S3)SC([2H])C([2H])S4)S2)SC1[2H]. The van der Waals surface area contributed by atoms with Crippen LogP contribution in [0.5, 0.6) is 0 Å². The Morgan fingerprint density at radius 3 is 1.06 bits per heavy atom. The summed E-state index contributed by atoms with van der Waals surface area (Å²) in [4.78, 5) is 0. The van der Waals surface area contributed by atoms with Gasteiger partial charge >= 0.3 is 0 Å². The first-order chi connectivity index (χ1) is 10.5. The van der Waals surface area contributed by atoms with E-state index >= 15 is 0 Å². The molecule has 96 valence electrons. The summed E-state index contributed by atoms with van der Waals surface area (Å²) < 4.78 is 38.7. The topological polar surface area (TPSA) is 0 Å². The first kappa shape index (κ1) is 9.92. The molecule has 4 aliphatic heterocycles. The van der Waals surface area contributed by atoms with Crippen LogP contribution >= 0.6 is 94.1 Å². The molecule has 0 saturated carbocycles. The van der Waals surface area contributed by atoms with Gasteiger partial charge in [-0.1, -0.05) is 47.0 Å². The quantitative estimate of drug-likeness (QED) is 0.469. The Morgan fingerprint density at radius 1 is 0.500 bits per heavy atom. The molecule has 4 unspecified atom stereocenters. The number of hydrogen-bond donors (Lipinski definition) is 0. The second-order valence-corrected chi connectivity index (χ2v) is 12.4. The maximum Gasteiger partial charge on any atom is 0.0717 e. The van der Waals surface area contributed by atoms with Gasteiger partial charge in [0.1, 0.15) is 0 Å². The molecule has 4 heterocycles. The molecule has 0 nitrogen and oxygen atoms in total. The van der Waals surface area contributed by atoms with Crippen molar-refractivity contribution in [3.63, 3.8) is 0 Å². The van der Waals surface area contributed by atoms with Gasteiger partial charge in [-0.25, -0.2) is 0 Å². The second-order valence-electron chi connectivity index (χ2n) is 3.15. The van der Waals surface area contributed by atoms with Crippen LogP contribution < -0.4 is 0 Å². The summed E-state index contributed by atoms with van der Waals surface area (Å²) in [5.41, 5.74) is -1.63. The van der Waals surface area contributed by atoms with E-state index in [2.05, 4.69) is 0 Å². The Kier molecular flexibility index (Phi) is 3.32. The highest BCUT2D eigenvalue weighted by Crippen LogP contribution is 2.67. The van der Waals surface area contributed by atoms with Crippen molar-refractivity contribution in [2.24, 2.45) is 0 Å². The van der Waals surface area contributed by atoms with Crippen LogP contribution in [0.4, 0.5) is 0 Å². The molecule has 0 saturated heterocycles. The minimum Gasteiger partial charge on any atom is -0.116 e. The maximum atomic E-state index is 7.90. The lowest BCUT2D eigenvalue weighted by Gasteiger charge is -2.08. The van der Waals surface area contributed by atoms with Crippen molar-refractivity contribution in [3.8, 4) is 0 Å². The van der Waals surface area contributed by atoms with E-state index in [1.807, 2.05) is 0 Å². The third-order valence-electron chi connectivity index (χ3n) is 2.05. The number of hydrogen-bond acceptors (Lipinski definition) is 8. The fourth-order valence-corrected chi connectivity index (χ4v) is 12.0. The Morgan fingerprint density at radius 2 is 0.778 bits per heavy atom. The molecular formula is C10H8S8. The zero-order valence-corrected chi connectivity index (χ0v) is 15.1. The summed E-state index contributed by atoms with van der Waals surface area (Å²) in [5, 5.41) is 0. The average molecular weight is 389 g/mol. The van der Waals surface area contributed by atoms with Crippen LogP contribution in [-0.4, -0.2) is 22.9 Å². The van der Waals surface area contributed by atoms with E-state index in [0.717, 1.165) is 0 Å². The molecule has 0 aliphatic carbocycles. The normalized spacial score (nSPS) is 47.6. The van der Waals surface area contributed by atoms with E-state index in [-0.39, 0.29) is 0 Å². The number of rotatable bonds is 0. The molecule has 0 aromatic heterocycles.